The van der Waals surface area contributed by atoms with Gasteiger partial charge < -0.3 is 4.90 Å². The second kappa shape index (κ2) is 6.77. The van der Waals surface area contributed by atoms with E-state index in [0.29, 0.717) is 6.54 Å². The first-order chi connectivity index (χ1) is 11.0. The molecule has 0 spiro atoms. The quantitative estimate of drug-likeness (QED) is 0.858. The lowest BCUT2D eigenvalue weighted by atomic mass is 10.2. The van der Waals surface area contributed by atoms with Crippen molar-refractivity contribution in [1.29, 1.82) is 0 Å². The molecule has 0 N–H and O–H groups in total. The molecule has 1 heterocycles. The van der Waals surface area contributed by atoms with Gasteiger partial charge in [0.15, 0.2) is 0 Å². The molecule has 0 unspecified atom stereocenters. The van der Waals surface area contributed by atoms with Crippen molar-refractivity contribution in [2.45, 2.75) is 23.6 Å². The molecule has 120 valence electrons. The Hall–Kier alpha value is -1.78. The highest BCUT2D eigenvalue weighted by molar-refractivity contribution is 7.99. The number of carbonyl (C=O) groups excluding carboxylic acids is 1. The van der Waals surface area contributed by atoms with Gasteiger partial charge in [0.05, 0.1) is 12.2 Å². The van der Waals surface area contributed by atoms with E-state index in [-0.39, 0.29) is 5.91 Å². The first-order valence-electron chi connectivity index (χ1n) is 7.87. The van der Waals surface area contributed by atoms with Crippen LogP contribution < -0.4 is 4.90 Å². The fraction of sp³-hybridized carbons (Fsp3) is 0.316. The van der Waals surface area contributed by atoms with Crippen LogP contribution in [0.15, 0.2) is 52.3 Å². The van der Waals surface area contributed by atoms with Gasteiger partial charge in [-0.25, -0.2) is 0 Å². The summed E-state index contributed by atoms with van der Waals surface area (Å²) < 4.78 is 0. The summed E-state index contributed by atoms with van der Waals surface area (Å²) in [6, 6.07) is 14.7. The number of hydrogen-bond donors (Lipinski definition) is 0. The zero-order valence-corrected chi connectivity index (χ0v) is 14.7. The van der Waals surface area contributed by atoms with Crippen molar-refractivity contribution >= 4 is 23.4 Å². The van der Waals surface area contributed by atoms with Gasteiger partial charge in [-0.15, -0.1) is 0 Å². The highest BCUT2D eigenvalue weighted by Gasteiger charge is 2.24. The number of anilines is 1. The van der Waals surface area contributed by atoms with E-state index in [9.17, 15) is 4.79 Å². The van der Waals surface area contributed by atoms with Crippen molar-refractivity contribution in [2.75, 3.05) is 31.6 Å². The molecule has 0 radical (unpaired) electrons. The second-order valence-corrected chi connectivity index (χ2v) is 7.21. The van der Waals surface area contributed by atoms with Crippen molar-refractivity contribution in [3.8, 4) is 0 Å². The monoisotopic (exact) mass is 326 g/mol. The van der Waals surface area contributed by atoms with E-state index >= 15 is 0 Å². The minimum atomic E-state index is 0.174. The molecule has 23 heavy (non-hydrogen) atoms. The Kier molecular flexibility index (Phi) is 4.74. The molecule has 2 aromatic rings. The van der Waals surface area contributed by atoms with E-state index in [0.717, 1.165) is 23.7 Å². The molecule has 0 saturated carbocycles. The lowest BCUT2D eigenvalue weighted by molar-refractivity contribution is -0.120. The SMILES string of the molecule is Cc1ccc(Sc2ccccc2N2CCN(C)CC2=O)c(C)c1. The average molecular weight is 326 g/mol. The molecule has 1 saturated heterocycles. The summed E-state index contributed by atoms with van der Waals surface area (Å²) in [5.74, 6) is 0.174. The minimum Gasteiger partial charge on any atom is -0.309 e. The molecule has 4 heteroatoms. The summed E-state index contributed by atoms with van der Waals surface area (Å²) in [6.45, 7) is 6.40. The zero-order chi connectivity index (χ0) is 16.4. The normalized spacial score (nSPS) is 16.0. The number of carbonyl (C=O) groups is 1. The van der Waals surface area contributed by atoms with Gasteiger partial charge in [-0.05, 0) is 44.7 Å². The van der Waals surface area contributed by atoms with Crippen LogP contribution in [0.4, 0.5) is 5.69 Å². The van der Waals surface area contributed by atoms with E-state index in [1.165, 1.54) is 16.0 Å². The first-order valence-corrected chi connectivity index (χ1v) is 8.69. The third-order valence-corrected chi connectivity index (χ3v) is 5.36. The minimum absolute atomic E-state index is 0.174. The second-order valence-electron chi connectivity index (χ2n) is 6.12. The first kappa shape index (κ1) is 16.1. The Bertz CT molecular complexity index is 729. The molecule has 1 amide bonds. The predicted molar refractivity (Wildman–Crippen MR) is 96.3 cm³/mol. The van der Waals surface area contributed by atoms with Crippen LogP contribution in [0, 0.1) is 13.8 Å². The van der Waals surface area contributed by atoms with Crippen LogP contribution in [0.1, 0.15) is 11.1 Å². The molecule has 2 aromatic carbocycles. The molecule has 1 aliphatic rings. The lowest BCUT2D eigenvalue weighted by Crippen LogP contribution is -2.49. The molecule has 0 aromatic heterocycles. The fourth-order valence-electron chi connectivity index (χ4n) is 2.84. The van der Waals surface area contributed by atoms with Crippen LogP contribution in [0.3, 0.4) is 0 Å². The predicted octanol–water partition coefficient (Wildman–Crippen LogP) is 3.73. The number of rotatable bonds is 3. The van der Waals surface area contributed by atoms with Gasteiger partial charge in [0.1, 0.15) is 0 Å². The highest BCUT2D eigenvalue weighted by atomic mass is 32.2. The van der Waals surface area contributed by atoms with Gasteiger partial charge in [0.25, 0.3) is 0 Å². The van der Waals surface area contributed by atoms with Crippen LogP contribution in [-0.2, 0) is 4.79 Å². The molecule has 0 aliphatic carbocycles. The standard InChI is InChI=1S/C19H22N2OS/c1-14-8-9-17(15(2)12-14)23-18-7-5-4-6-16(18)21-11-10-20(3)13-19(21)22/h4-9,12H,10-11,13H2,1-3H3. The van der Waals surface area contributed by atoms with Gasteiger partial charge in [-0.1, -0.05) is 41.6 Å². The van der Waals surface area contributed by atoms with Crippen LogP contribution >= 0.6 is 11.8 Å². The topological polar surface area (TPSA) is 23.6 Å². The fourth-order valence-corrected chi connectivity index (χ4v) is 3.87. The zero-order valence-electron chi connectivity index (χ0n) is 13.9. The Morgan fingerprint density at radius 3 is 2.52 bits per heavy atom. The molecule has 0 bridgehead atoms. The van der Waals surface area contributed by atoms with Crippen molar-refractivity contribution < 1.29 is 4.79 Å². The Labute approximate surface area is 142 Å². The maximum absolute atomic E-state index is 12.4. The summed E-state index contributed by atoms with van der Waals surface area (Å²) in [5.41, 5.74) is 3.57. The summed E-state index contributed by atoms with van der Waals surface area (Å²) >= 11 is 1.74. The van der Waals surface area contributed by atoms with Gasteiger partial charge in [-0.2, -0.15) is 0 Å². The van der Waals surface area contributed by atoms with Crippen LogP contribution in [-0.4, -0.2) is 37.5 Å². The number of nitrogens with zero attached hydrogens (tertiary/aromatic N) is 2. The summed E-state index contributed by atoms with van der Waals surface area (Å²) in [4.78, 5) is 18.8. The molecular weight excluding hydrogens is 304 g/mol. The van der Waals surface area contributed by atoms with Gasteiger partial charge in [0.2, 0.25) is 5.91 Å². The van der Waals surface area contributed by atoms with E-state index in [4.69, 9.17) is 0 Å². The number of hydrogen-bond acceptors (Lipinski definition) is 3. The maximum Gasteiger partial charge on any atom is 0.241 e. The molecular formula is C19H22N2OS. The highest BCUT2D eigenvalue weighted by Crippen LogP contribution is 2.37. The third-order valence-electron chi connectivity index (χ3n) is 4.12. The van der Waals surface area contributed by atoms with E-state index < -0.39 is 0 Å². The third kappa shape index (κ3) is 3.59. The maximum atomic E-state index is 12.4. The van der Waals surface area contributed by atoms with Crippen LogP contribution in [0.25, 0.3) is 0 Å². The Morgan fingerprint density at radius 1 is 1.00 bits per heavy atom. The average Bonchev–Trinajstić information content (AvgIpc) is 2.51. The Morgan fingerprint density at radius 2 is 1.78 bits per heavy atom. The smallest absolute Gasteiger partial charge is 0.241 e. The van der Waals surface area contributed by atoms with Gasteiger partial charge in [0, 0.05) is 22.9 Å². The van der Waals surface area contributed by atoms with Gasteiger partial charge in [-0.3, -0.25) is 9.69 Å². The van der Waals surface area contributed by atoms with Crippen molar-refractivity contribution in [2.24, 2.45) is 0 Å². The van der Waals surface area contributed by atoms with Crippen LogP contribution in [0.2, 0.25) is 0 Å². The summed E-state index contributed by atoms with van der Waals surface area (Å²) in [7, 11) is 1.99. The molecule has 0 atom stereocenters. The number of amides is 1. The van der Waals surface area contributed by atoms with Crippen molar-refractivity contribution in [3.63, 3.8) is 0 Å². The lowest BCUT2D eigenvalue weighted by Gasteiger charge is -2.33. The summed E-state index contributed by atoms with van der Waals surface area (Å²) in [6.07, 6.45) is 0. The molecule has 1 aliphatic heterocycles. The number of benzene rings is 2. The molecule has 3 rings (SSSR count). The van der Waals surface area contributed by atoms with E-state index in [1.807, 2.05) is 24.1 Å². The van der Waals surface area contributed by atoms with E-state index in [2.05, 4.69) is 49.1 Å². The van der Waals surface area contributed by atoms with Crippen molar-refractivity contribution in [3.05, 3.63) is 53.6 Å². The largest absolute Gasteiger partial charge is 0.309 e. The summed E-state index contributed by atoms with van der Waals surface area (Å²) in [5, 5.41) is 0. The van der Waals surface area contributed by atoms with E-state index in [1.54, 1.807) is 11.8 Å². The van der Waals surface area contributed by atoms with Crippen molar-refractivity contribution in [1.82, 2.24) is 4.90 Å². The molecule has 1 fully saturated rings. The Balaban J connectivity index is 1.90. The number of piperazine rings is 1. The number of para-hydroxylation sites is 1. The number of likely N-dealkylation sites (N-methyl/N-ethyl adjacent to an activating group) is 1. The van der Waals surface area contributed by atoms with Crippen LogP contribution in [0.5, 0.6) is 0 Å². The van der Waals surface area contributed by atoms with Gasteiger partial charge >= 0.3 is 0 Å². The molecule has 3 nitrogen and oxygen atoms in total. The number of aryl methyl sites for hydroxylation is 2.